The van der Waals surface area contributed by atoms with E-state index < -0.39 is 0 Å². The summed E-state index contributed by atoms with van der Waals surface area (Å²) in [5.74, 6) is 0. The lowest BCUT2D eigenvalue weighted by Gasteiger charge is -1.96. The zero-order valence-electron chi connectivity index (χ0n) is 5.94. The molecule has 0 atom stereocenters. The molecule has 0 aliphatic rings. The molecule has 2 rings (SSSR count). The van der Waals surface area contributed by atoms with E-state index in [4.69, 9.17) is 5.73 Å². The molecule has 0 aliphatic carbocycles. The fourth-order valence-corrected chi connectivity index (χ4v) is 1.07. The Bertz CT molecular complexity index is 365. The van der Waals surface area contributed by atoms with Crippen LogP contribution >= 0.6 is 0 Å². The van der Waals surface area contributed by atoms with Crippen LogP contribution in [0.15, 0.2) is 24.7 Å². The summed E-state index contributed by atoms with van der Waals surface area (Å²) in [4.78, 5) is 0. The van der Waals surface area contributed by atoms with Gasteiger partial charge in [0.25, 0.3) is 0 Å². The largest absolute Gasteiger partial charge is 0.326 e. The number of aromatic nitrogens is 3. The topological polar surface area (TPSA) is 56.2 Å². The van der Waals surface area contributed by atoms with Gasteiger partial charge >= 0.3 is 0 Å². The predicted octanol–water partition coefficient (Wildman–Crippen LogP) is 0.188. The van der Waals surface area contributed by atoms with Gasteiger partial charge in [-0.15, -0.1) is 10.2 Å². The number of fused-ring (bicyclic) bond motifs is 1. The van der Waals surface area contributed by atoms with Crippen molar-refractivity contribution in [1.82, 2.24) is 14.6 Å². The van der Waals surface area contributed by atoms with E-state index in [0.29, 0.717) is 6.54 Å². The molecule has 0 saturated heterocycles. The molecule has 0 unspecified atom stereocenters. The number of pyridine rings is 1. The molecule has 0 fully saturated rings. The molecule has 0 aliphatic heterocycles. The first-order valence-corrected chi connectivity index (χ1v) is 3.39. The Hall–Kier alpha value is -1.42. The maximum atomic E-state index is 5.49. The fourth-order valence-electron chi connectivity index (χ4n) is 1.07. The van der Waals surface area contributed by atoms with Gasteiger partial charge in [0.15, 0.2) is 5.65 Å². The zero-order valence-corrected chi connectivity index (χ0v) is 5.94. The van der Waals surface area contributed by atoms with Crippen molar-refractivity contribution in [3.05, 3.63) is 30.2 Å². The summed E-state index contributed by atoms with van der Waals surface area (Å²) in [6.45, 7) is 0.503. The highest BCUT2D eigenvalue weighted by atomic mass is 15.2. The van der Waals surface area contributed by atoms with E-state index in [9.17, 15) is 0 Å². The first-order valence-electron chi connectivity index (χ1n) is 3.39. The molecule has 2 N–H and O–H groups in total. The maximum absolute atomic E-state index is 5.49. The van der Waals surface area contributed by atoms with Gasteiger partial charge in [-0.2, -0.15) is 0 Å². The molecular formula is C7H8N4. The average Bonchev–Trinajstić information content (AvgIpc) is 2.50. The van der Waals surface area contributed by atoms with Crippen LogP contribution in [-0.4, -0.2) is 14.6 Å². The van der Waals surface area contributed by atoms with Crippen molar-refractivity contribution in [3.63, 3.8) is 0 Å². The summed E-state index contributed by atoms with van der Waals surface area (Å²) in [5.41, 5.74) is 7.36. The monoisotopic (exact) mass is 148 g/mol. The van der Waals surface area contributed by atoms with Gasteiger partial charge in [0.2, 0.25) is 0 Å². The van der Waals surface area contributed by atoms with Crippen molar-refractivity contribution in [2.75, 3.05) is 0 Å². The van der Waals surface area contributed by atoms with E-state index in [2.05, 4.69) is 10.2 Å². The second-order valence-electron chi connectivity index (χ2n) is 2.30. The average molecular weight is 148 g/mol. The molecule has 2 aromatic heterocycles. The molecule has 4 nitrogen and oxygen atoms in total. The molecule has 56 valence electrons. The first-order chi connectivity index (χ1) is 5.42. The number of rotatable bonds is 1. The Kier molecular flexibility index (Phi) is 1.33. The molecule has 4 heteroatoms. The Morgan fingerprint density at radius 3 is 3.27 bits per heavy atom. The Morgan fingerprint density at radius 1 is 1.55 bits per heavy atom. The highest BCUT2D eigenvalue weighted by molar-refractivity contribution is 5.45. The van der Waals surface area contributed by atoms with E-state index in [0.717, 1.165) is 11.2 Å². The normalized spacial score (nSPS) is 10.6. The van der Waals surface area contributed by atoms with Crippen molar-refractivity contribution in [3.8, 4) is 0 Å². The molecular weight excluding hydrogens is 140 g/mol. The maximum Gasteiger partial charge on any atom is 0.165 e. The van der Waals surface area contributed by atoms with Crippen LogP contribution in [0.2, 0.25) is 0 Å². The minimum Gasteiger partial charge on any atom is -0.326 e. The van der Waals surface area contributed by atoms with E-state index in [-0.39, 0.29) is 0 Å². The van der Waals surface area contributed by atoms with Crippen LogP contribution in [0.5, 0.6) is 0 Å². The standard InChI is InChI=1S/C7H8N4/c8-4-6-2-1-3-11-5-9-10-7(6)11/h1-3,5H,4,8H2. The van der Waals surface area contributed by atoms with Crippen LogP contribution in [0.4, 0.5) is 0 Å². The Morgan fingerprint density at radius 2 is 2.45 bits per heavy atom. The van der Waals surface area contributed by atoms with E-state index >= 15 is 0 Å². The minimum atomic E-state index is 0.503. The van der Waals surface area contributed by atoms with Gasteiger partial charge in [-0.25, -0.2) is 0 Å². The lowest BCUT2D eigenvalue weighted by molar-refractivity contribution is 1.04. The fraction of sp³-hybridized carbons (Fsp3) is 0.143. The second-order valence-corrected chi connectivity index (χ2v) is 2.30. The summed E-state index contributed by atoms with van der Waals surface area (Å²) >= 11 is 0. The summed E-state index contributed by atoms with van der Waals surface area (Å²) in [5, 5.41) is 7.69. The van der Waals surface area contributed by atoms with E-state index in [1.807, 2.05) is 22.7 Å². The number of nitrogens with two attached hydrogens (primary N) is 1. The first kappa shape index (κ1) is 6.30. The van der Waals surface area contributed by atoms with Gasteiger partial charge in [-0.05, 0) is 6.07 Å². The highest BCUT2D eigenvalue weighted by Gasteiger charge is 1.98. The molecule has 0 saturated carbocycles. The quantitative estimate of drug-likeness (QED) is 0.628. The van der Waals surface area contributed by atoms with Crippen LogP contribution < -0.4 is 5.73 Å². The molecule has 2 aromatic rings. The summed E-state index contributed by atoms with van der Waals surface area (Å²) in [6, 6.07) is 3.88. The SMILES string of the molecule is NCc1cccn2cnnc12. The zero-order chi connectivity index (χ0) is 7.68. The molecule has 0 spiro atoms. The van der Waals surface area contributed by atoms with Crippen molar-refractivity contribution < 1.29 is 0 Å². The van der Waals surface area contributed by atoms with Crippen molar-refractivity contribution >= 4 is 5.65 Å². The van der Waals surface area contributed by atoms with Gasteiger partial charge in [0.1, 0.15) is 6.33 Å². The van der Waals surface area contributed by atoms with Crippen LogP contribution in [-0.2, 0) is 6.54 Å². The Balaban J connectivity index is 2.79. The third-order valence-corrected chi connectivity index (χ3v) is 1.62. The summed E-state index contributed by atoms with van der Waals surface area (Å²) in [6.07, 6.45) is 3.56. The van der Waals surface area contributed by atoms with E-state index in [1.54, 1.807) is 6.33 Å². The second kappa shape index (κ2) is 2.32. The summed E-state index contributed by atoms with van der Waals surface area (Å²) < 4.78 is 1.85. The number of hydrogen-bond acceptors (Lipinski definition) is 3. The Labute approximate surface area is 63.7 Å². The van der Waals surface area contributed by atoms with E-state index in [1.165, 1.54) is 0 Å². The molecule has 2 heterocycles. The van der Waals surface area contributed by atoms with Gasteiger partial charge in [0, 0.05) is 18.3 Å². The predicted molar refractivity (Wildman–Crippen MR) is 40.9 cm³/mol. The minimum absolute atomic E-state index is 0.503. The molecule has 11 heavy (non-hydrogen) atoms. The molecule has 0 radical (unpaired) electrons. The van der Waals surface area contributed by atoms with Crippen LogP contribution in [0.25, 0.3) is 5.65 Å². The molecule has 0 amide bonds. The third-order valence-electron chi connectivity index (χ3n) is 1.62. The van der Waals surface area contributed by atoms with Crippen LogP contribution in [0, 0.1) is 0 Å². The number of hydrogen-bond donors (Lipinski definition) is 1. The van der Waals surface area contributed by atoms with Gasteiger partial charge in [-0.1, -0.05) is 6.07 Å². The highest BCUT2D eigenvalue weighted by Crippen LogP contribution is 2.04. The van der Waals surface area contributed by atoms with Gasteiger partial charge in [-0.3, -0.25) is 4.40 Å². The van der Waals surface area contributed by atoms with Crippen LogP contribution in [0.1, 0.15) is 5.56 Å². The lowest BCUT2D eigenvalue weighted by Crippen LogP contribution is -1.99. The van der Waals surface area contributed by atoms with Crippen molar-refractivity contribution in [2.24, 2.45) is 5.73 Å². The van der Waals surface area contributed by atoms with Crippen molar-refractivity contribution in [2.45, 2.75) is 6.54 Å². The van der Waals surface area contributed by atoms with Gasteiger partial charge < -0.3 is 5.73 Å². The lowest BCUT2D eigenvalue weighted by atomic mass is 10.3. The van der Waals surface area contributed by atoms with Gasteiger partial charge in [0.05, 0.1) is 0 Å². The number of nitrogens with zero attached hydrogens (tertiary/aromatic N) is 3. The van der Waals surface area contributed by atoms with Crippen LogP contribution in [0.3, 0.4) is 0 Å². The van der Waals surface area contributed by atoms with Crippen molar-refractivity contribution in [1.29, 1.82) is 0 Å². The molecule has 0 aromatic carbocycles. The smallest absolute Gasteiger partial charge is 0.165 e. The third kappa shape index (κ3) is 0.877. The summed E-state index contributed by atoms with van der Waals surface area (Å²) in [7, 11) is 0. The molecule has 0 bridgehead atoms.